The average Bonchev–Trinajstić information content (AvgIpc) is 1.85. The van der Waals surface area contributed by atoms with E-state index in [-0.39, 0.29) is 29.6 Å². The van der Waals surface area contributed by atoms with Crippen molar-refractivity contribution in [1.29, 1.82) is 0 Å². The molecule has 0 aliphatic rings. The molecule has 0 heterocycles. The largest absolute Gasteiger partial charge is 1.00 e. The minimum Gasteiger partial charge on any atom is -0.739 e. The molecule has 0 amide bonds. The summed E-state index contributed by atoms with van der Waals surface area (Å²) in [6, 6.07) is 0. The zero-order valence-corrected chi connectivity index (χ0v) is 10.8. The molecule has 0 bridgehead atoms. The standard InChI is InChI=1S/C5H13NO3S2.Na/c6-4-2-1-3-5-10-11(7,8)9;/h1-6H2,(H,7,8,9);/q;+1/p-1. The Labute approximate surface area is 99.1 Å². The third kappa shape index (κ3) is 13.8. The van der Waals surface area contributed by atoms with Crippen LogP contribution >= 0.6 is 10.8 Å². The quantitative estimate of drug-likeness (QED) is 0.229. The van der Waals surface area contributed by atoms with Crippen LogP contribution in [-0.2, 0) is 9.15 Å². The summed E-state index contributed by atoms with van der Waals surface area (Å²) in [5.74, 6) is 0.381. The first-order valence-corrected chi connectivity index (χ1v) is 6.27. The monoisotopic (exact) mass is 221 g/mol. The van der Waals surface area contributed by atoms with Gasteiger partial charge in [0.1, 0.15) is 9.15 Å². The van der Waals surface area contributed by atoms with Crippen LogP contribution in [0.3, 0.4) is 0 Å². The predicted octanol–water partition coefficient (Wildman–Crippen LogP) is -2.69. The van der Waals surface area contributed by atoms with Gasteiger partial charge in [-0.2, -0.15) is 0 Å². The Balaban J connectivity index is 0. The minimum absolute atomic E-state index is 0. The first kappa shape index (κ1) is 15.7. The SMILES string of the molecule is NCCCCCSS(=O)(=O)[O-].[Na+]. The molecule has 0 unspecified atom stereocenters. The van der Waals surface area contributed by atoms with E-state index in [9.17, 15) is 13.0 Å². The molecule has 2 N–H and O–H groups in total. The fraction of sp³-hybridized carbons (Fsp3) is 1.00. The van der Waals surface area contributed by atoms with E-state index in [4.69, 9.17) is 5.73 Å². The molecule has 0 aromatic rings. The van der Waals surface area contributed by atoms with E-state index >= 15 is 0 Å². The van der Waals surface area contributed by atoms with E-state index < -0.39 is 9.15 Å². The molecule has 0 rings (SSSR count). The normalized spacial score (nSPS) is 10.8. The molecule has 12 heavy (non-hydrogen) atoms. The van der Waals surface area contributed by atoms with E-state index in [1.165, 1.54) is 0 Å². The number of hydrogen-bond acceptors (Lipinski definition) is 5. The molecule has 0 saturated heterocycles. The summed E-state index contributed by atoms with van der Waals surface area (Å²) in [6.07, 6.45) is 2.52. The molecule has 7 heteroatoms. The van der Waals surface area contributed by atoms with Crippen LogP contribution in [0.1, 0.15) is 19.3 Å². The van der Waals surface area contributed by atoms with E-state index in [1.807, 2.05) is 0 Å². The molecule has 0 aromatic heterocycles. The van der Waals surface area contributed by atoms with E-state index in [0.29, 0.717) is 23.1 Å². The van der Waals surface area contributed by atoms with Gasteiger partial charge < -0.3 is 10.3 Å². The van der Waals surface area contributed by atoms with Gasteiger partial charge in [-0.05, 0) is 30.2 Å². The van der Waals surface area contributed by atoms with Gasteiger partial charge in [-0.25, -0.2) is 8.42 Å². The van der Waals surface area contributed by atoms with Gasteiger partial charge in [0, 0.05) is 5.75 Å². The van der Waals surface area contributed by atoms with Crippen LogP contribution < -0.4 is 35.3 Å². The van der Waals surface area contributed by atoms with Crippen molar-refractivity contribution in [2.45, 2.75) is 19.3 Å². The molecule has 0 spiro atoms. The molecule has 0 saturated carbocycles. The number of nitrogens with two attached hydrogens (primary N) is 1. The second kappa shape index (κ2) is 8.80. The van der Waals surface area contributed by atoms with Crippen LogP contribution in [0.4, 0.5) is 0 Å². The van der Waals surface area contributed by atoms with Crippen molar-refractivity contribution in [3.8, 4) is 0 Å². The van der Waals surface area contributed by atoms with Crippen LogP contribution in [-0.4, -0.2) is 25.3 Å². The second-order valence-electron chi connectivity index (χ2n) is 2.08. The zero-order valence-electron chi connectivity index (χ0n) is 7.15. The summed E-state index contributed by atoms with van der Waals surface area (Å²) in [6.45, 7) is 0.620. The number of hydrogen-bond donors (Lipinski definition) is 1. The van der Waals surface area contributed by atoms with E-state index in [1.54, 1.807) is 0 Å². The Morgan fingerprint density at radius 1 is 1.25 bits per heavy atom. The van der Waals surface area contributed by atoms with Gasteiger partial charge in [-0.3, -0.25) is 0 Å². The van der Waals surface area contributed by atoms with Crippen LogP contribution in [0.2, 0.25) is 0 Å². The van der Waals surface area contributed by atoms with Gasteiger partial charge >= 0.3 is 29.6 Å². The Morgan fingerprint density at radius 3 is 2.25 bits per heavy atom. The van der Waals surface area contributed by atoms with Crippen LogP contribution in [0.25, 0.3) is 0 Å². The van der Waals surface area contributed by atoms with Gasteiger partial charge in [0.25, 0.3) is 0 Å². The van der Waals surface area contributed by atoms with Gasteiger partial charge in [0.2, 0.25) is 0 Å². The van der Waals surface area contributed by atoms with Crippen LogP contribution in [0.5, 0.6) is 0 Å². The Bertz CT molecular complexity index is 183. The van der Waals surface area contributed by atoms with Crippen LogP contribution in [0, 0.1) is 0 Å². The summed E-state index contributed by atoms with van der Waals surface area (Å²) < 4.78 is 30.1. The first-order chi connectivity index (χ1) is 5.06. The Morgan fingerprint density at radius 2 is 1.83 bits per heavy atom. The number of rotatable bonds is 6. The number of unbranched alkanes of at least 4 members (excludes halogenated alkanes) is 2. The molecule has 4 nitrogen and oxygen atoms in total. The molecule has 0 aromatic carbocycles. The third-order valence-corrected chi connectivity index (χ3v) is 3.19. The maximum Gasteiger partial charge on any atom is 1.00 e. The second-order valence-corrected chi connectivity index (χ2v) is 5.47. The first-order valence-electron chi connectivity index (χ1n) is 3.36. The fourth-order valence-electron chi connectivity index (χ4n) is 0.584. The predicted molar refractivity (Wildman–Crippen MR) is 45.1 cm³/mol. The van der Waals surface area contributed by atoms with Gasteiger partial charge in [0.05, 0.1) is 0 Å². The van der Waals surface area contributed by atoms with Crippen molar-refractivity contribution in [3.05, 3.63) is 0 Å². The summed E-state index contributed by atoms with van der Waals surface area (Å²) in [4.78, 5) is 0. The van der Waals surface area contributed by atoms with Crippen LogP contribution in [0.15, 0.2) is 0 Å². The molecule has 0 aliphatic heterocycles. The minimum atomic E-state index is -4.08. The molecular formula is C5H12NNaO3S2. The average molecular weight is 221 g/mol. The van der Waals surface area contributed by atoms with Gasteiger partial charge in [-0.15, -0.1) is 0 Å². The summed E-state index contributed by atoms with van der Waals surface area (Å²) >= 11 is 0. The van der Waals surface area contributed by atoms with Crippen molar-refractivity contribution in [2.75, 3.05) is 12.3 Å². The maximum atomic E-state index is 10.0. The zero-order chi connectivity index (χ0) is 8.74. The summed E-state index contributed by atoms with van der Waals surface area (Å²) in [5.41, 5.74) is 5.21. The van der Waals surface area contributed by atoms with Crippen molar-refractivity contribution in [2.24, 2.45) is 5.73 Å². The van der Waals surface area contributed by atoms with Gasteiger partial charge in [0.15, 0.2) is 0 Å². The van der Waals surface area contributed by atoms with Crippen molar-refractivity contribution < 1.29 is 42.5 Å². The van der Waals surface area contributed by atoms with Gasteiger partial charge in [-0.1, -0.05) is 6.42 Å². The molecule has 0 atom stereocenters. The van der Waals surface area contributed by atoms with Crippen molar-refractivity contribution in [1.82, 2.24) is 0 Å². The van der Waals surface area contributed by atoms with E-state index in [2.05, 4.69) is 0 Å². The van der Waals surface area contributed by atoms with Crippen molar-refractivity contribution >= 4 is 19.9 Å². The Hall–Kier alpha value is 1.22. The molecule has 68 valence electrons. The molecule has 0 radical (unpaired) electrons. The summed E-state index contributed by atoms with van der Waals surface area (Å²) in [5, 5.41) is 0. The molecule has 0 aliphatic carbocycles. The summed E-state index contributed by atoms with van der Waals surface area (Å²) in [7, 11) is -3.62. The maximum absolute atomic E-state index is 10.0. The smallest absolute Gasteiger partial charge is 0.739 e. The Kier molecular flexibility index (Phi) is 11.5. The topological polar surface area (TPSA) is 83.2 Å². The molecule has 0 fully saturated rings. The molecular weight excluding hydrogens is 209 g/mol. The van der Waals surface area contributed by atoms with E-state index in [0.717, 1.165) is 19.3 Å². The third-order valence-electron chi connectivity index (χ3n) is 1.08. The van der Waals surface area contributed by atoms with Crippen molar-refractivity contribution in [3.63, 3.8) is 0 Å². The fourth-order valence-corrected chi connectivity index (χ4v) is 2.08.